The number of nitrogens with zero attached hydrogens (tertiary/aromatic N) is 1. The molecule has 0 bridgehead atoms. The van der Waals surface area contributed by atoms with E-state index >= 15 is 0 Å². The number of ether oxygens (including phenoxy) is 1. The fraction of sp³-hybridized carbons (Fsp3) is 0.333. The molecule has 1 aromatic rings. The van der Waals surface area contributed by atoms with Crippen LogP contribution >= 0.6 is 11.3 Å². The average molecular weight is 273 g/mol. The monoisotopic (exact) mass is 273 g/mol. The Morgan fingerprint density at radius 2 is 2.17 bits per heavy atom. The van der Waals surface area contributed by atoms with Crippen LogP contribution in [-0.4, -0.2) is 41.2 Å². The molecule has 0 saturated carbocycles. The van der Waals surface area contributed by atoms with Crippen LogP contribution in [0.25, 0.3) is 0 Å². The quantitative estimate of drug-likeness (QED) is 0.647. The van der Waals surface area contributed by atoms with Crippen molar-refractivity contribution in [1.29, 1.82) is 0 Å². The molecule has 98 valence electrons. The molecule has 8 nitrogen and oxygen atoms in total. The summed E-state index contributed by atoms with van der Waals surface area (Å²) >= 11 is 1.37. The van der Waals surface area contributed by atoms with Gasteiger partial charge in [0, 0.05) is 11.6 Å². The molecule has 1 rings (SSSR count). The first-order chi connectivity index (χ1) is 8.58. The second-order valence-corrected chi connectivity index (χ2v) is 4.02. The number of aromatic nitrogens is 1. The van der Waals surface area contributed by atoms with Gasteiger partial charge in [-0.15, -0.1) is 11.3 Å². The minimum Gasteiger partial charge on any atom is -0.480 e. The molecule has 9 heteroatoms. The number of carboxylic acid groups (broad SMARTS) is 1. The standard InChI is InChI=1S/C9H11N3O5S/c13-6(4-17-5-8(14)15)12-9(16)11-3-7-10-1-2-18-7/h1-2H,3-5H2,(H,14,15)(H2,11,12,13,16). The van der Waals surface area contributed by atoms with Gasteiger partial charge in [-0.25, -0.2) is 14.6 Å². The summed E-state index contributed by atoms with van der Waals surface area (Å²) in [5.41, 5.74) is 0. The molecule has 3 N–H and O–H groups in total. The minimum absolute atomic E-state index is 0.215. The van der Waals surface area contributed by atoms with E-state index < -0.39 is 31.1 Å². The highest BCUT2D eigenvalue weighted by atomic mass is 32.1. The van der Waals surface area contributed by atoms with E-state index in [1.807, 2.05) is 5.32 Å². The van der Waals surface area contributed by atoms with Crippen LogP contribution in [0.4, 0.5) is 4.79 Å². The van der Waals surface area contributed by atoms with Gasteiger partial charge in [0.25, 0.3) is 5.91 Å². The summed E-state index contributed by atoms with van der Waals surface area (Å²) < 4.78 is 4.51. The number of carboxylic acids is 1. The highest BCUT2D eigenvalue weighted by Crippen LogP contribution is 2.02. The van der Waals surface area contributed by atoms with Crippen LogP contribution in [0.1, 0.15) is 5.01 Å². The van der Waals surface area contributed by atoms with Crippen molar-refractivity contribution >= 4 is 29.2 Å². The van der Waals surface area contributed by atoms with E-state index in [1.54, 1.807) is 11.6 Å². The summed E-state index contributed by atoms with van der Waals surface area (Å²) in [6, 6.07) is -0.686. The number of carbonyl (C=O) groups is 3. The number of hydrogen-bond acceptors (Lipinski definition) is 6. The van der Waals surface area contributed by atoms with Gasteiger partial charge in [0.05, 0.1) is 6.54 Å². The van der Waals surface area contributed by atoms with Crippen LogP contribution in [-0.2, 0) is 20.9 Å². The molecule has 1 aromatic heterocycles. The van der Waals surface area contributed by atoms with Crippen molar-refractivity contribution in [2.75, 3.05) is 13.2 Å². The Bertz CT molecular complexity index is 420. The van der Waals surface area contributed by atoms with Crippen molar-refractivity contribution in [1.82, 2.24) is 15.6 Å². The first kappa shape index (κ1) is 14.1. The molecule has 0 fully saturated rings. The molecule has 0 aromatic carbocycles. The third kappa shape index (κ3) is 5.92. The maximum Gasteiger partial charge on any atom is 0.329 e. The maximum atomic E-state index is 11.2. The zero-order valence-electron chi connectivity index (χ0n) is 9.21. The van der Waals surface area contributed by atoms with Crippen LogP contribution in [0.2, 0.25) is 0 Å². The van der Waals surface area contributed by atoms with E-state index in [1.165, 1.54) is 11.3 Å². The van der Waals surface area contributed by atoms with Gasteiger partial charge in [-0.2, -0.15) is 0 Å². The third-order valence-electron chi connectivity index (χ3n) is 1.60. The van der Waals surface area contributed by atoms with Crippen LogP contribution in [0.3, 0.4) is 0 Å². The third-order valence-corrected chi connectivity index (χ3v) is 2.37. The normalized spacial score (nSPS) is 9.78. The molecule has 0 unspecified atom stereocenters. The average Bonchev–Trinajstić information content (AvgIpc) is 2.78. The number of rotatable bonds is 6. The summed E-state index contributed by atoms with van der Waals surface area (Å²) in [7, 11) is 0. The van der Waals surface area contributed by atoms with Crippen LogP contribution < -0.4 is 10.6 Å². The Kier molecular flexibility index (Phi) is 5.74. The lowest BCUT2D eigenvalue weighted by Crippen LogP contribution is -2.41. The summed E-state index contributed by atoms with van der Waals surface area (Å²) in [6.07, 6.45) is 1.60. The SMILES string of the molecule is O=C(O)COCC(=O)NC(=O)NCc1nccs1. The van der Waals surface area contributed by atoms with E-state index in [2.05, 4.69) is 15.0 Å². The van der Waals surface area contributed by atoms with Gasteiger partial charge in [-0.1, -0.05) is 0 Å². The van der Waals surface area contributed by atoms with E-state index in [0.29, 0.717) is 5.01 Å². The number of nitrogens with one attached hydrogen (secondary N) is 2. The molecule has 0 atom stereocenters. The first-order valence-electron chi connectivity index (χ1n) is 4.83. The number of aliphatic carboxylic acids is 1. The summed E-state index contributed by atoms with van der Waals surface area (Å²) in [5, 5.41) is 15.1. The molecule has 0 spiro atoms. The number of urea groups is 1. The Morgan fingerprint density at radius 1 is 1.39 bits per heavy atom. The van der Waals surface area contributed by atoms with Gasteiger partial charge >= 0.3 is 12.0 Å². The first-order valence-corrected chi connectivity index (χ1v) is 5.71. The van der Waals surface area contributed by atoms with Gasteiger partial charge in [0.2, 0.25) is 0 Å². The molecular formula is C9H11N3O5S. The molecule has 0 saturated heterocycles. The van der Waals surface area contributed by atoms with Crippen LogP contribution in [0.15, 0.2) is 11.6 Å². The highest BCUT2D eigenvalue weighted by molar-refractivity contribution is 7.09. The lowest BCUT2D eigenvalue weighted by molar-refractivity contribution is -0.143. The Hall–Kier alpha value is -2.00. The van der Waals surface area contributed by atoms with Gasteiger partial charge < -0.3 is 15.2 Å². The summed E-state index contributed by atoms with van der Waals surface area (Å²) in [5.74, 6) is -1.90. The van der Waals surface area contributed by atoms with E-state index in [4.69, 9.17) is 5.11 Å². The number of hydrogen-bond donors (Lipinski definition) is 3. The molecule has 18 heavy (non-hydrogen) atoms. The number of carbonyl (C=O) groups excluding carboxylic acids is 2. The number of imide groups is 1. The predicted molar refractivity (Wildman–Crippen MR) is 60.9 cm³/mol. The molecule has 3 amide bonds. The second kappa shape index (κ2) is 7.35. The largest absolute Gasteiger partial charge is 0.480 e. The molecule has 0 aliphatic carbocycles. The van der Waals surface area contributed by atoms with Crippen LogP contribution in [0.5, 0.6) is 0 Å². The van der Waals surface area contributed by atoms with Crippen molar-refractivity contribution in [3.8, 4) is 0 Å². The zero-order valence-corrected chi connectivity index (χ0v) is 10.0. The molecule has 0 aliphatic rings. The van der Waals surface area contributed by atoms with E-state index in [9.17, 15) is 14.4 Å². The summed E-state index contributed by atoms with van der Waals surface area (Å²) in [4.78, 5) is 36.3. The predicted octanol–water partition coefficient (Wildman–Crippen LogP) is -0.430. The van der Waals surface area contributed by atoms with Crippen molar-refractivity contribution in [2.24, 2.45) is 0 Å². The topological polar surface area (TPSA) is 118 Å². The molecular weight excluding hydrogens is 262 g/mol. The number of thiazole rings is 1. The Morgan fingerprint density at radius 3 is 2.78 bits per heavy atom. The fourth-order valence-electron chi connectivity index (χ4n) is 0.934. The van der Waals surface area contributed by atoms with Crippen molar-refractivity contribution in [3.05, 3.63) is 16.6 Å². The Balaban J connectivity index is 2.15. The van der Waals surface area contributed by atoms with Crippen LogP contribution in [0, 0.1) is 0 Å². The Labute approximate surface area is 106 Å². The van der Waals surface area contributed by atoms with Crippen molar-refractivity contribution in [3.63, 3.8) is 0 Å². The van der Waals surface area contributed by atoms with E-state index in [-0.39, 0.29) is 6.54 Å². The molecule has 1 heterocycles. The molecule has 0 aliphatic heterocycles. The number of amides is 3. The summed E-state index contributed by atoms with van der Waals surface area (Å²) in [6.45, 7) is -0.863. The molecule has 0 radical (unpaired) electrons. The highest BCUT2D eigenvalue weighted by Gasteiger charge is 2.08. The van der Waals surface area contributed by atoms with Gasteiger partial charge in [0.1, 0.15) is 18.2 Å². The fourth-order valence-corrected chi connectivity index (χ4v) is 1.49. The lowest BCUT2D eigenvalue weighted by Gasteiger charge is -2.05. The van der Waals surface area contributed by atoms with Gasteiger partial charge in [0.15, 0.2) is 0 Å². The van der Waals surface area contributed by atoms with Gasteiger partial charge in [-0.05, 0) is 0 Å². The lowest BCUT2D eigenvalue weighted by atomic mass is 10.6. The van der Waals surface area contributed by atoms with Gasteiger partial charge in [-0.3, -0.25) is 10.1 Å². The minimum atomic E-state index is -1.18. The van der Waals surface area contributed by atoms with Crippen molar-refractivity contribution < 1.29 is 24.2 Å². The van der Waals surface area contributed by atoms with E-state index in [0.717, 1.165) is 0 Å². The smallest absolute Gasteiger partial charge is 0.329 e. The zero-order chi connectivity index (χ0) is 13.4. The maximum absolute atomic E-state index is 11.2. The second-order valence-electron chi connectivity index (χ2n) is 3.04. The van der Waals surface area contributed by atoms with Crippen molar-refractivity contribution in [2.45, 2.75) is 6.54 Å².